The fourth-order valence-corrected chi connectivity index (χ4v) is 3.80. The Morgan fingerprint density at radius 1 is 1.00 bits per heavy atom. The van der Waals surface area contributed by atoms with Crippen LogP contribution in [-0.4, -0.2) is 48.5 Å². The van der Waals surface area contributed by atoms with Crippen LogP contribution in [0.2, 0.25) is 0 Å². The minimum atomic E-state index is 0.133. The van der Waals surface area contributed by atoms with Gasteiger partial charge in [0, 0.05) is 43.4 Å². The lowest BCUT2D eigenvalue weighted by Crippen LogP contribution is -2.50. The number of amides is 1. The Labute approximate surface area is 166 Å². The summed E-state index contributed by atoms with van der Waals surface area (Å²) in [7, 11) is 0. The Balaban J connectivity index is 1.36. The summed E-state index contributed by atoms with van der Waals surface area (Å²) in [6, 6.07) is 16.4. The van der Waals surface area contributed by atoms with Gasteiger partial charge in [0.2, 0.25) is 5.91 Å². The monoisotopic (exact) mass is 374 g/mol. The summed E-state index contributed by atoms with van der Waals surface area (Å²) in [5, 5.41) is 4.35. The molecule has 0 bridgehead atoms. The van der Waals surface area contributed by atoms with Crippen molar-refractivity contribution >= 4 is 28.2 Å². The number of nitrogens with one attached hydrogen (secondary N) is 1. The van der Waals surface area contributed by atoms with Crippen LogP contribution in [0.4, 0.5) is 11.4 Å². The second-order valence-corrected chi connectivity index (χ2v) is 7.32. The molecule has 0 atom stereocenters. The van der Waals surface area contributed by atoms with Gasteiger partial charge in [0.15, 0.2) is 0 Å². The van der Waals surface area contributed by atoms with Gasteiger partial charge in [0.1, 0.15) is 0 Å². The number of piperazine rings is 1. The number of para-hydroxylation sites is 1. The van der Waals surface area contributed by atoms with Gasteiger partial charge in [-0.15, -0.1) is 0 Å². The maximum absolute atomic E-state index is 12.7. The molecule has 1 aliphatic heterocycles. The van der Waals surface area contributed by atoms with Gasteiger partial charge >= 0.3 is 0 Å². The van der Waals surface area contributed by atoms with E-state index in [1.54, 1.807) is 6.20 Å². The van der Waals surface area contributed by atoms with Gasteiger partial charge in [-0.2, -0.15) is 0 Å². The van der Waals surface area contributed by atoms with Crippen molar-refractivity contribution in [1.29, 1.82) is 0 Å². The zero-order valence-corrected chi connectivity index (χ0v) is 16.5. The van der Waals surface area contributed by atoms with Crippen molar-refractivity contribution in [1.82, 2.24) is 9.88 Å². The number of nitrogens with zero attached hydrogens (tertiary/aromatic N) is 3. The van der Waals surface area contributed by atoms with Gasteiger partial charge < -0.3 is 15.1 Å². The lowest BCUT2D eigenvalue weighted by atomic mass is 10.1. The quantitative estimate of drug-likeness (QED) is 0.758. The first-order valence-corrected chi connectivity index (χ1v) is 9.80. The predicted octanol–water partition coefficient (Wildman–Crippen LogP) is 3.61. The second-order valence-electron chi connectivity index (χ2n) is 7.32. The number of hydrogen-bond donors (Lipinski definition) is 1. The third-order valence-electron chi connectivity index (χ3n) is 5.61. The average molecular weight is 374 g/mol. The van der Waals surface area contributed by atoms with Crippen LogP contribution in [0.1, 0.15) is 11.1 Å². The first-order chi connectivity index (χ1) is 13.6. The number of anilines is 2. The fourth-order valence-electron chi connectivity index (χ4n) is 3.80. The Morgan fingerprint density at radius 3 is 2.57 bits per heavy atom. The molecule has 1 N–H and O–H groups in total. The Kier molecular flexibility index (Phi) is 5.15. The van der Waals surface area contributed by atoms with Gasteiger partial charge in [0.05, 0.1) is 17.7 Å². The number of carbonyl (C=O) groups excluding carboxylic acids is 1. The normalized spacial score (nSPS) is 14.4. The van der Waals surface area contributed by atoms with E-state index < -0.39 is 0 Å². The highest BCUT2D eigenvalue weighted by Gasteiger charge is 2.22. The number of carbonyl (C=O) groups is 1. The maximum atomic E-state index is 12.7. The molecule has 4 rings (SSSR count). The van der Waals surface area contributed by atoms with Gasteiger partial charge in [-0.1, -0.05) is 30.3 Å². The van der Waals surface area contributed by atoms with E-state index in [9.17, 15) is 4.79 Å². The summed E-state index contributed by atoms with van der Waals surface area (Å²) >= 11 is 0. The first-order valence-electron chi connectivity index (χ1n) is 9.80. The molecule has 1 aliphatic rings. The Bertz CT molecular complexity index is 988. The molecule has 1 fully saturated rings. The molecule has 1 amide bonds. The standard InChI is InChI=1S/C23H26N4O/c1-17-6-3-10-21(18(17)2)26-12-14-27(15-13-26)22(28)16-25-20-9-4-7-19-8-5-11-24-23(19)20/h3-11,25H,12-16H2,1-2H3. The fraction of sp³-hybridized carbons (Fsp3) is 0.304. The van der Waals surface area contributed by atoms with E-state index in [-0.39, 0.29) is 5.91 Å². The molecular formula is C23H26N4O. The first kappa shape index (κ1) is 18.3. The van der Waals surface area contributed by atoms with Crippen molar-refractivity contribution in [3.63, 3.8) is 0 Å². The van der Waals surface area contributed by atoms with Crippen molar-refractivity contribution in [2.24, 2.45) is 0 Å². The zero-order chi connectivity index (χ0) is 19.5. The molecule has 2 aromatic carbocycles. The number of benzene rings is 2. The average Bonchev–Trinajstić information content (AvgIpc) is 2.74. The molecular weight excluding hydrogens is 348 g/mol. The number of aryl methyl sites for hydroxylation is 1. The molecule has 1 saturated heterocycles. The topological polar surface area (TPSA) is 48.5 Å². The second kappa shape index (κ2) is 7.89. The number of aromatic nitrogens is 1. The molecule has 3 aromatic rings. The molecule has 1 aromatic heterocycles. The van der Waals surface area contributed by atoms with Gasteiger partial charge in [-0.05, 0) is 43.2 Å². The Hall–Kier alpha value is -3.08. The molecule has 144 valence electrons. The zero-order valence-electron chi connectivity index (χ0n) is 16.5. The van der Waals surface area contributed by atoms with Crippen LogP contribution < -0.4 is 10.2 Å². The Morgan fingerprint density at radius 2 is 1.75 bits per heavy atom. The van der Waals surface area contributed by atoms with Gasteiger partial charge in [-0.25, -0.2) is 0 Å². The van der Waals surface area contributed by atoms with E-state index in [4.69, 9.17) is 0 Å². The molecule has 28 heavy (non-hydrogen) atoms. The van der Waals surface area contributed by atoms with E-state index in [2.05, 4.69) is 47.2 Å². The molecule has 0 unspecified atom stereocenters. The summed E-state index contributed by atoms with van der Waals surface area (Å²) in [6.45, 7) is 7.84. The molecule has 0 saturated carbocycles. The maximum Gasteiger partial charge on any atom is 0.241 e. The van der Waals surface area contributed by atoms with Crippen molar-refractivity contribution in [2.45, 2.75) is 13.8 Å². The molecule has 5 nitrogen and oxygen atoms in total. The third-order valence-corrected chi connectivity index (χ3v) is 5.61. The minimum absolute atomic E-state index is 0.133. The van der Waals surface area contributed by atoms with Crippen molar-refractivity contribution in [3.8, 4) is 0 Å². The highest BCUT2D eigenvalue weighted by molar-refractivity contribution is 5.92. The smallest absolute Gasteiger partial charge is 0.241 e. The molecule has 0 spiro atoms. The van der Waals surface area contributed by atoms with E-state index in [0.717, 1.165) is 42.8 Å². The van der Waals surface area contributed by atoms with Crippen LogP contribution in [0.15, 0.2) is 54.7 Å². The van der Waals surface area contributed by atoms with Crippen molar-refractivity contribution in [3.05, 3.63) is 65.9 Å². The summed E-state index contributed by atoms with van der Waals surface area (Å²) < 4.78 is 0. The number of rotatable bonds is 4. The number of hydrogen-bond acceptors (Lipinski definition) is 4. The molecule has 5 heteroatoms. The molecule has 2 heterocycles. The summed E-state index contributed by atoms with van der Waals surface area (Å²) in [5.74, 6) is 0.133. The van der Waals surface area contributed by atoms with Crippen LogP contribution in [-0.2, 0) is 4.79 Å². The molecule has 0 radical (unpaired) electrons. The van der Waals surface area contributed by atoms with E-state index in [1.807, 2.05) is 35.2 Å². The summed E-state index contributed by atoms with van der Waals surface area (Å²) in [4.78, 5) is 21.5. The minimum Gasteiger partial charge on any atom is -0.374 e. The van der Waals surface area contributed by atoms with E-state index in [0.29, 0.717) is 6.54 Å². The van der Waals surface area contributed by atoms with E-state index in [1.165, 1.54) is 16.8 Å². The highest BCUT2D eigenvalue weighted by atomic mass is 16.2. The van der Waals surface area contributed by atoms with Crippen LogP contribution in [0.3, 0.4) is 0 Å². The van der Waals surface area contributed by atoms with Crippen LogP contribution in [0, 0.1) is 13.8 Å². The summed E-state index contributed by atoms with van der Waals surface area (Å²) in [5.41, 5.74) is 5.72. The van der Waals surface area contributed by atoms with Crippen molar-refractivity contribution in [2.75, 3.05) is 42.9 Å². The van der Waals surface area contributed by atoms with Gasteiger partial charge in [-0.3, -0.25) is 9.78 Å². The van der Waals surface area contributed by atoms with Crippen LogP contribution >= 0.6 is 0 Å². The van der Waals surface area contributed by atoms with Crippen LogP contribution in [0.5, 0.6) is 0 Å². The van der Waals surface area contributed by atoms with Crippen LogP contribution in [0.25, 0.3) is 10.9 Å². The van der Waals surface area contributed by atoms with Crippen molar-refractivity contribution < 1.29 is 4.79 Å². The van der Waals surface area contributed by atoms with Gasteiger partial charge in [0.25, 0.3) is 0 Å². The third kappa shape index (κ3) is 3.65. The number of fused-ring (bicyclic) bond motifs is 1. The summed E-state index contributed by atoms with van der Waals surface area (Å²) in [6.07, 6.45) is 1.78. The largest absolute Gasteiger partial charge is 0.374 e. The molecule has 0 aliphatic carbocycles. The highest BCUT2D eigenvalue weighted by Crippen LogP contribution is 2.24. The lowest BCUT2D eigenvalue weighted by Gasteiger charge is -2.37. The lowest BCUT2D eigenvalue weighted by molar-refractivity contribution is -0.129. The van der Waals surface area contributed by atoms with E-state index >= 15 is 0 Å². The predicted molar refractivity (Wildman–Crippen MR) is 115 cm³/mol. The SMILES string of the molecule is Cc1cccc(N2CCN(C(=O)CNc3cccc4cccnc34)CC2)c1C. The number of pyridine rings is 1.